The van der Waals surface area contributed by atoms with Crippen molar-refractivity contribution in [1.29, 1.82) is 0 Å². The van der Waals surface area contributed by atoms with Gasteiger partial charge in [-0.05, 0) is 37.8 Å². The van der Waals surface area contributed by atoms with Crippen LogP contribution in [0.15, 0.2) is 28.7 Å². The highest BCUT2D eigenvalue weighted by Crippen LogP contribution is 2.32. The van der Waals surface area contributed by atoms with Gasteiger partial charge in [-0.15, -0.1) is 11.3 Å². The third kappa shape index (κ3) is 2.67. The first-order valence-electron chi connectivity index (χ1n) is 6.57. The molecule has 0 bridgehead atoms. The first kappa shape index (κ1) is 12.4. The quantitative estimate of drug-likeness (QED) is 0.700. The van der Waals surface area contributed by atoms with E-state index in [-0.39, 0.29) is 0 Å². The molecule has 18 heavy (non-hydrogen) atoms. The maximum atomic E-state index is 4.86. The largest absolute Gasteiger partial charge is 0.241 e. The van der Waals surface area contributed by atoms with E-state index in [0.29, 0.717) is 0 Å². The van der Waals surface area contributed by atoms with Crippen LogP contribution in [0, 0.1) is 0 Å². The molecular weight excluding hydrogens is 306 g/mol. The number of hydrogen-bond acceptors (Lipinski definition) is 2. The fraction of sp³-hybridized carbons (Fsp3) is 0.400. The van der Waals surface area contributed by atoms with Crippen LogP contribution in [0.1, 0.15) is 36.3 Å². The van der Waals surface area contributed by atoms with Gasteiger partial charge in [0.15, 0.2) is 0 Å². The smallest absolute Gasteiger partial charge is 0.123 e. The van der Waals surface area contributed by atoms with Crippen LogP contribution in [-0.4, -0.2) is 4.98 Å². The van der Waals surface area contributed by atoms with E-state index in [9.17, 15) is 0 Å². The molecule has 1 aliphatic carbocycles. The van der Waals surface area contributed by atoms with Crippen LogP contribution in [0.3, 0.4) is 0 Å². The van der Waals surface area contributed by atoms with Crippen LogP contribution in [-0.2, 0) is 12.8 Å². The van der Waals surface area contributed by atoms with E-state index < -0.39 is 0 Å². The molecule has 1 aromatic carbocycles. The Labute approximate surface area is 120 Å². The fourth-order valence-electron chi connectivity index (χ4n) is 2.42. The molecule has 0 amide bonds. The Hall–Kier alpha value is -0.670. The van der Waals surface area contributed by atoms with E-state index in [0.717, 1.165) is 4.47 Å². The molecule has 1 heterocycles. The predicted octanol–water partition coefficient (Wildman–Crippen LogP) is 5.23. The predicted molar refractivity (Wildman–Crippen MR) is 81.1 cm³/mol. The summed E-state index contributed by atoms with van der Waals surface area (Å²) in [5.41, 5.74) is 2.60. The van der Waals surface area contributed by atoms with Gasteiger partial charge in [0.1, 0.15) is 5.01 Å². The van der Waals surface area contributed by atoms with Gasteiger partial charge in [-0.25, -0.2) is 4.98 Å². The van der Waals surface area contributed by atoms with Crippen molar-refractivity contribution in [3.63, 3.8) is 0 Å². The maximum absolute atomic E-state index is 4.86. The topological polar surface area (TPSA) is 12.9 Å². The molecule has 0 fully saturated rings. The second-order valence-electron chi connectivity index (χ2n) is 4.81. The summed E-state index contributed by atoms with van der Waals surface area (Å²) in [6.45, 7) is 0. The van der Waals surface area contributed by atoms with Gasteiger partial charge in [0.05, 0.1) is 5.69 Å². The number of rotatable bonds is 1. The highest BCUT2D eigenvalue weighted by Gasteiger charge is 2.14. The van der Waals surface area contributed by atoms with Crippen molar-refractivity contribution in [2.75, 3.05) is 0 Å². The molecule has 3 heteroatoms. The van der Waals surface area contributed by atoms with Crippen molar-refractivity contribution in [2.45, 2.75) is 38.5 Å². The Bertz CT molecular complexity index is 504. The van der Waals surface area contributed by atoms with Crippen LogP contribution in [0.5, 0.6) is 0 Å². The maximum Gasteiger partial charge on any atom is 0.123 e. The molecule has 2 aromatic rings. The summed E-state index contributed by atoms with van der Waals surface area (Å²) in [7, 11) is 0. The normalized spacial score (nSPS) is 15.8. The van der Waals surface area contributed by atoms with E-state index in [1.807, 2.05) is 11.3 Å². The third-order valence-corrected chi connectivity index (χ3v) is 5.17. The number of fused-ring (bicyclic) bond motifs is 1. The summed E-state index contributed by atoms with van der Waals surface area (Å²) in [5.74, 6) is 0. The minimum absolute atomic E-state index is 1.13. The van der Waals surface area contributed by atoms with Crippen LogP contribution >= 0.6 is 27.3 Å². The Morgan fingerprint density at radius 2 is 1.67 bits per heavy atom. The lowest BCUT2D eigenvalue weighted by Crippen LogP contribution is -1.96. The van der Waals surface area contributed by atoms with Gasteiger partial charge in [0.2, 0.25) is 0 Å². The lowest BCUT2D eigenvalue weighted by molar-refractivity contribution is 0.616. The van der Waals surface area contributed by atoms with E-state index in [4.69, 9.17) is 4.98 Å². The number of aromatic nitrogens is 1. The number of thiazole rings is 1. The second kappa shape index (κ2) is 5.54. The summed E-state index contributed by atoms with van der Waals surface area (Å²) in [6, 6.07) is 8.48. The summed E-state index contributed by atoms with van der Waals surface area (Å²) in [6.07, 6.45) is 7.77. The molecule has 3 rings (SSSR count). The SMILES string of the molecule is Brc1ccc(-c2nc3c(s2)CCCCCC3)cc1. The Morgan fingerprint density at radius 3 is 2.44 bits per heavy atom. The van der Waals surface area contributed by atoms with Gasteiger partial charge in [-0.3, -0.25) is 0 Å². The minimum Gasteiger partial charge on any atom is -0.241 e. The summed E-state index contributed by atoms with van der Waals surface area (Å²) < 4.78 is 1.13. The molecular formula is C15H16BrNS. The van der Waals surface area contributed by atoms with Crippen LogP contribution in [0.2, 0.25) is 0 Å². The zero-order valence-electron chi connectivity index (χ0n) is 10.3. The minimum atomic E-state index is 1.13. The van der Waals surface area contributed by atoms with Gasteiger partial charge < -0.3 is 0 Å². The van der Waals surface area contributed by atoms with Crippen molar-refractivity contribution in [1.82, 2.24) is 4.98 Å². The summed E-state index contributed by atoms with van der Waals surface area (Å²) in [5, 5.41) is 1.19. The molecule has 94 valence electrons. The van der Waals surface area contributed by atoms with E-state index in [1.165, 1.54) is 59.7 Å². The molecule has 0 spiro atoms. The van der Waals surface area contributed by atoms with Gasteiger partial charge >= 0.3 is 0 Å². The second-order valence-corrected chi connectivity index (χ2v) is 6.81. The number of halogens is 1. The molecule has 0 radical (unpaired) electrons. The van der Waals surface area contributed by atoms with Crippen molar-refractivity contribution >= 4 is 27.3 Å². The van der Waals surface area contributed by atoms with Crippen LogP contribution in [0.4, 0.5) is 0 Å². The first-order valence-corrected chi connectivity index (χ1v) is 8.18. The lowest BCUT2D eigenvalue weighted by atomic mass is 10.0. The monoisotopic (exact) mass is 321 g/mol. The van der Waals surface area contributed by atoms with Crippen LogP contribution in [0.25, 0.3) is 10.6 Å². The molecule has 0 N–H and O–H groups in total. The molecule has 0 saturated carbocycles. The fourth-order valence-corrected chi connectivity index (χ4v) is 3.84. The highest BCUT2D eigenvalue weighted by molar-refractivity contribution is 9.10. The van der Waals surface area contributed by atoms with Gasteiger partial charge in [0.25, 0.3) is 0 Å². The number of benzene rings is 1. The average molecular weight is 322 g/mol. The summed E-state index contributed by atoms with van der Waals surface area (Å²) >= 11 is 5.37. The Morgan fingerprint density at radius 1 is 0.944 bits per heavy atom. The van der Waals surface area contributed by atoms with Crippen molar-refractivity contribution in [2.24, 2.45) is 0 Å². The summed E-state index contributed by atoms with van der Waals surface area (Å²) in [4.78, 5) is 6.38. The zero-order chi connectivity index (χ0) is 12.4. The number of hydrogen-bond donors (Lipinski definition) is 0. The van der Waals surface area contributed by atoms with E-state index in [2.05, 4.69) is 40.2 Å². The number of aryl methyl sites for hydroxylation is 2. The first-order chi connectivity index (χ1) is 8.83. The zero-order valence-corrected chi connectivity index (χ0v) is 12.7. The van der Waals surface area contributed by atoms with Crippen LogP contribution < -0.4 is 0 Å². The standard InChI is InChI=1S/C15H16BrNS/c16-12-9-7-11(8-10-12)15-17-13-5-3-1-2-4-6-14(13)18-15/h7-10H,1-6H2. The molecule has 0 unspecified atom stereocenters. The molecule has 1 aliphatic rings. The number of nitrogens with zero attached hydrogens (tertiary/aromatic N) is 1. The third-order valence-electron chi connectivity index (χ3n) is 3.44. The van der Waals surface area contributed by atoms with Crippen molar-refractivity contribution < 1.29 is 0 Å². The molecule has 1 nitrogen and oxygen atoms in total. The van der Waals surface area contributed by atoms with Gasteiger partial charge in [-0.2, -0.15) is 0 Å². The molecule has 0 aliphatic heterocycles. The Kier molecular flexibility index (Phi) is 3.80. The average Bonchev–Trinajstić information content (AvgIpc) is 2.73. The van der Waals surface area contributed by atoms with Crippen molar-refractivity contribution in [3.05, 3.63) is 39.3 Å². The van der Waals surface area contributed by atoms with Crippen molar-refractivity contribution in [3.8, 4) is 10.6 Å². The van der Waals surface area contributed by atoms with Gasteiger partial charge in [-0.1, -0.05) is 40.9 Å². The molecule has 0 atom stereocenters. The Balaban J connectivity index is 1.93. The molecule has 0 saturated heterocycles. The lowest BCUT2D eigenvalue weighted by Gasteiger charge is -2.06. The van der Waals surface area contributed by atoms with E-state index in [1.54, 1.807) is 0 Å². The van der Waals surface area contributed by atoms with Gasteiger partial charge in [0, 0.05) is 14.9 Å². The molecule has 1 aromatic heterocycles. The van der Waals surface area contributed by atoms with E-state index >= 15 is 0 Å². The highest BCUT2D eigenvalue weighted by atomic mass is 79.9.